The van der Waals surface area contributed by atoms with E-state index in [2.05, 4.69) is 10.6 Å². The molecule has 0 bridgehead atoms. The number of hydrogen-bond acceptors (Lipinski definition) is 4. The molecule has 0 aromatic heterocycles. The van der Waals surface area contributed by atoms with Crippen molar-refractivity contribution in [1.82, 2.24) is 10.2 Å². The van der Waals surface area contributed by atoms with Gasteiger partial charge in [0, 0.05) is 36.1 Å². The van der Waals surface area contributed by atoms with Crippen molar-refractivity contribution in [2.75, 3.05) is 32.1 Å². The second-order valence-electron chi connectivity index (χ2n) is 7.19. The van der Waals surface area contributed by atoms with Crippen molar-refractivity contribution in [1.29, 1.82) is 0 Å². The van der Waals surface area contributed by atoms with Crippen LogP contribution in [0, 0.1) is 0 Å². The minimum Gasteiger partial charge on any atom is -0.497 e. The molecule has 160 valence electrons. The van der Waals surface area contributed by atoms with Crippen LogP contribution in [-0.4, -0.2) is 54.8 Å². The normalized spacial score (nSPS) is 18.6. The maximum Gasteiger partial charge on any atom is 0.319 e. The fourth-order valence-electron chi connectivity index (χ4n) is 3.70. The standard InChI is InChI=1S/C22H26ClN3O4/c1-30-18-8-2-15(3-9-18)19-10-12-26(21(28)11-13-27)14-20(19)25-22(29)24-17-6-4-16(23)5-7-17/h2-9,19-20,27H,10-14H2,1H3,(H2,24,25,29)/t19?,20-/m1/s1. The number of anilines is 1. The maximum absolute atomic E-state index is 12.6. The van der Waals surface area contributed by atoms with E-state index in [1.807, 2.05) is 24.3 Å². The van der Waals surface area contributed by atoms with Crippen LogP contribution in [-0.2, 0) is 4.79 Å². The van der Waals surface area contributed by atoms with Gasteiger partial charge < -0.3 is 25.4 Å². The van der Waals surface area contributed by atoms with Gasteiger partial charge in [-0.15, -0.1) is 0 Å². The number of carbonyl (C=O) groups is 2. The molecule has 8 heteroatoms. The first-order valence-electron chi connectivity index (χ1n) is 9.86. The van der Waals surface area contributed by atoms with Gasteiger partial charge in [0.2, 0.25) is 5.91 Å². The lowest BCUT2D eigenvalue weighted by atomic mass is 9.85. The molecule has 0 saturated carbocycles. The number of aliphatic hydroxyl groups excluding tert-OH is 1. The van der Waals surface area contributed by atoms with E-state index in [1.54, 1.807) is 36.3 Å². The first-order valence-corrected chi connectivity index (χ1v) is 10.2. The SMILES string of the molecule is COc1ccc(C2CCN(C(=O)CCO)C[C@H]2NC(=O)Nc2ccc(Cl)cc2)cc1. The van der Waals surface area contributed by atoms with E-state index >= 15 is 0 Å². The molecule has 3 N–H and O–H groups in total. The summed E-state index contributed by atoms with van der Waals surface area (Å²) in [5.74, 6) is 0.694. The Bertz CT molecular complexity index is 858. The highest BCUT2D eigenvalue weighted by atomic mass is 35.5. The number of benzene rings is 2. The number of piperidine rings is 1. The van der Waals surface area contributed by atoms with Crippen molar-refractivity contribution < 1.29 is 19.4 Å². The Morgan fingerprint density at radius 2 is 1.87 bits per heavy atom. The monoisotopic (exact) mass is 431 g/mol. The van der Waals surface area contributed by atoms with Crippen molar-refractivity contribution in [3.63, 3.8) is 0 Å². The van der Waals surface area contributed by atoms with Crippen LogP contribution < -0.4 is 15.4 Å². The molecule has 1 saturated heterocycles. The van der Waals surface area contributed by atoms with E-state index in [4.69, 9.17) is 21.4 Å². The number of carbonyl (C=O) groups excluding carboxylic acids is 2. The number of hydrogen-bond donors (Lipinski definition) is 3. The molecule has 1 aliphatic heterocycles. The average molecular weight is 432 g/mol. The fourth-order valence-corrected chi connectivity index (χ4v) is 3.82. The van der Waals surface area contributed by atoms with Crippen LogP contribution in [0.25, 0.3) is 0 Å². The molecule has 30 heavy (non-hydrogen) atoms. The highest BCUT2D eigenvalue weighted by Crippen LogP contribution is 2.30. The summed E-state index contributed by atoms with van der Waals surface area (Å²) in [5, 5.41) is 15.5. The number of urea groups is 1. The molecule has 7 nitrogen and oxygen atoms in total. The van der Waals surface area contributed by atoms with Gasteiger partial charge in [0.05, 0.1) is 19.8 Å². The molecule has 0 radical (unpaired) electrons. The average Bonchev–Trinajstić information content (AvgIpc) is 2.75. The molecule has 1 unspecified atom stereocenters. The molecular weight excluding hydrogens is 406 g/mol. The van der Waals surface area contributed by atoms with Gasteiger partial charge in [-0.2, -0.15) is 0 Å². The van der Waals surface area contributed by atoms with Crippen LogP contribution in [0.5, 0.6) is 5.75 Å². The number of methoxy groups -OCH3 is 1. The van der Waals surface area contributed by atoms with Crippen molar-refractivity contribution in [2.24, 2.45) is 0 Å². The Labute approximate surface area is 181 Å². The third-order valence-electron chi connectivity index (χ3n) is 5.25. The third-order valence-corrected chi connectivity index (χ3v) is 5.51. The smallest absolute Gasteiger partial charge is 0.319 e. The summed E-state index contributed by atoms with van der Waals surface area (Å²) in [5.41, 5.74) is 1.70. The Morgan fingerprint density at radius 3 is 2.50 bits per heavy atom. The Balaban J connectivity index is 1.74. The number of nitrogens with one attached hydrogen (secondary N) is 2. The van der Waals surface area contributed by atoms with E-state index in [9.17, 15) is 9.59 Å². The lowest BCUT2D eigenvalue weighted by Crippen LogP contribution is -2.54. The van der Waals surface area contributed by atoms with Crippen LogP contribution >= 0.6 is 11.6 Å². The van der Waals surface area contributed by atoms with Gasteiger partial charge in [0.25, 0.3) is 0 Å². The Morgan fingerprint density at radius 1 is 1.17 bits per heavy atom. The summed E-state index contributed by atoms with van der Waals surface area (Å²) in [6.07, 6.45) is 0.784. The van der Waals surface area contributed by atoms with E-state index in [-0.39, 0.29) is 36.9 Å². The fraction of sp³-hybridized carbons (Fsp3) is 0.364. The minimum absolute atomic E-state index is 0.0463. The highest BCUT2D eigenvalue weighted by molar-refractivity contribution is 6.30. The molecule has 2 atom stereocenters. The molecule has 1 heterocycles. The first-order chi connectivity index (χ1) is 14.5. The van der Waals surface area contributed by atoms with Crippen LogP contribution in [0.15, 0.2) is 48.5 Å². The number of rotatable bonds is 6. The molecule has 2 aromatic carbocycles. The number of halogens is 1. The van der Waals surface area contributed by atoms with Crippen LogP contribution in [0.1, 0.15) is 24.3 Å². The number of amides is 3. The molecule has 1 aliphatic rings. The largest absolute Gasteiger partial charge is 0.497 e. The number of aliphatic hydroxyl groups is 1. The molecular formula is C22H26ClN3O4. The molecule has 2 aromatic rings. The lowest BCUT2D eigenvalue weighted by molar-refractivity contribution is -0.133. The van der Waals surface area contributed by atoms with Gasteiger partial charge in [0.1, 0.15) is 5.75 Å². The van der Waals surface area contributed by atoms with Gasteiger partial charge >= 0.3 is 6.03 Å². The Kier molecular flexibility index (Phi) is 7.54. The quantitative estimate of drug-likeness (QED) is 0.654. The Hall–Kier alpha value is -2.77. The van der Waals surface area contributed by atoms with Crippen molar-refractivity contribution in [2.45, 2.75) is 24.8 Å². The molecule has 0 aliphatic carbocycles. The molecule has 3 amide bonds. The van der Waals surface area contributed by atoms with Gasteiger partial charge in [0.15, 0.2) is 0 Å². The number of likely N-dealkylation sites (tertiary alicyclic amines) is 1. The number of nitrogens with zero attached hydrogens (tertiary/aromatic N) is 1. The van der Waals surface area contributed by atoms with Crippen molar-refractivity contribution in [3.8, 4) is 5.75 Å². The predicted molar refractivity (Wildman–Crippen MR) is 116 cm³/mol. The summed E-state index contributed by atoms with van der Waals surface area (Å²) >= 11 is 5.89. The van der Waals surface area contributed by atoms with E-state index in [1.165, 1.54) is 0 Å². The van der Waals surface area contributed by atoms with E-state index in [0.29, 0.717) is 30.2 Å². The van der Waals surface area contributed by atoms with E-state index in [0.717, 1.165) is 11.3 Å². The second kappa shape index (κ2) is 10.3. The number of ether oxygens (including phenoxy) is 1. The van der Waals surface area contributed by atoms with E-state index < -0.39 is 0 Å². The van der Waals surface area contributed by atoms with Gasteiger partial charge in [-0.25, -0.2) is 4.79 Å². The minimum atomic E-state index is -0.350. The molecule has 0 spiro atoms. The third kappa shape index (κ3) is 5.64. The van der Waals surface area contributed by atoms with Crippen molar-refractivity contribution >= 4 is 29.2 Å². The summed E-state index contributed by atoms with van der Waals surface area (Å²) in [6, 6.07) is 14.0. The highest BCUT2D eigenvalue weighted by Gasteiger charge is 2.33. The lowest BCUT2D eigenvalue weighted by Gasteiger charge is -2.39. The maximum atomic E-state index is 12.6. The van der Waals surface area contributed by atoms with Crippen molar-refractivity contribution in [3.05, 3.63) is 59.1 Å². The summed E-state index contributed by atoms with van der Waals surface area (Å²) in [6.45, 7) is 0.766. The zero-order valence-corrected chi connectivity index (χ0v) is 17.6. The van der Waals surface area contributed by atoms with Gasteiger partial charge in [-0.05, 0) is 48.4 Å². The zero-order valence-electron chi connectivity index (χ0n) is 16.8. The summed E-state index contributed by atoms with van der Waals surface area (Å²) in [4.78, 5) is 26.6. The predicted octanol–water partition coefficient (Wildman–Crippen LogP) is 3.24. The van der Waals surface area contributed by atoms with Gasteiger partial charge in [-0.1, -0.05) is 23.7 Å². The second-order valence-corrected chi connectivity index (χ2v) is 7.63. The van der Waals surface area contributed by atoms with Crippen LogP contribution in [0.4, 0.5) is 10.5 Å². The molecule has 1 fully saturated rings. The van der Waals surface area contributed by atoms with Gasteiger partial charge in [-0.3, -0.25) is 4.79 Å². The topological polar surface area (TPSA) is 90.9 Å². The summed E-state index contributed by atoms with van der Waals surface area (Å²) < 4.78 is 5.23. The van der Waals surface area contributed by atoms with Crippen LogP contribution in [0.2, 0.25) is 5.02 Å². The first kappa shape index (κ1) is 21.9. The summed E-state index contributed by atoms with van der Waals surface area (Å²) in [7, 11) is 1.62. The zero-order chi connectivity index (χ0) is 21.5. The molecule has 3 rings (SSSR count). The van der Waals surface area contributed by atoms with Crippen LogP contribution in [0.3, 0.4) is 0 Å².